The van der Waals surface area contributed by atoms with E-state index in [1.807, 2.05) is 48.5 Å². The van der Waals surface area contributed by atoms with E-state index in [0.29, 0.717) is 10.1 Å². The molecule has 1 heterocycles. The SMILES string of the molecule is COc1ccc(/C=N/N=C2\NC(=O)/C(=C\c3ccc(OC)cc3)S2)cc1. The van der Waals surface area contributed by atoms with Gasteiger partial charge in [0.2, 0.25) is 0 Å². The standard InChI is InChI=1S/C19H17N3O3S/c1-24-15-7-3-13(4-8-15)11-17-18(23)21-19(26-17)22-20-12-14-5-9-16(25-2)10-6-14/h3-12H,1-2H3,(H,21,22,23)/b17-11+,20-12+. The maximum Gasteiger partial charge on any atom is 0.264 e. The van der Waals surface area contributed by atoms with E-state index < -0.39 is 0 Å². The summed E-state index contributed by atoms with van der Waals surface area (Å²) in [5.74, 6) is 1.36. The van der Waals surface area contributed by atoms with Crippen LogP contribution in [0.1, 0.15) is 11.1 Å². The summed E-state index contributed by atoms with van der Waals surface area (Å²) in [6.45, 7) is 0. The average molecular weight is 367 g/mol. The van der Waals surface area contributed by atoms with Crippen LogP contribution in [0.5, 0.6) is 11.5 Å². The molecule has 132 valence electrons. The van der Waals surface area contributed by atoms with Gasteiger partial charge in [0, 0.05) is 0 Å². The van der Waals surface area contributed by atoms with Gasteiger partial charge >= 0.3 is 0 Å². The molecule has 3 rings (SSSR count). The molecule has 26 heavy (non-hydrogen) atoms. The number of nitrogens with zero attached hydrogens (tertiary/aromatic N) is 2. The molecule has 1 saturated heterocycles. The number of carbonyl (C=O) groups is 1. The molecular weight excluding hydrogens is 350 g/mol. The molecule has 0 spiro atoms. The van der Waals surface area contributed by atoms with E-state index >= 15 is 0 Å². The third-order valence-corrected chi connectivity index (χ3v) is 4.44. The van der Waals surface area contributed by atoms with E-state index in [1.165, 1.54) is 11.8 Å². The second-order valence-electron chi connectivity index (χ2n) is 5.26. The number of hydrogen-bond acceptors (Lipinski definition) is 6. The van der Waals surface area contributed by atoms with Gasteiger partial charge in [0.05, 0.1) is 25.3 Å². The normalized spacial score (nSPS) is 17.1. The predicted molar refractivity (Wildman–Crippen MR) is 105 cm³/mol. The van der Waals surface area contributed by atoms with Gasteiger partial charge in [-0.05, 0) is 65.4 Å². The Balaban J connectivity index is 1.66. The molecule has 1 amide bonds. The zero-order valence-corrected chi connectivity index (χ0v) is 15.1. The average Bonchev–Trinajstić information content (AvgIpc) is 3.02. The summed E-state index contributed by atoms with van der Waals surface area (Å²) in [4.78, 5) is 12.6. The Morgan fingerprint density at radius 2 is 1.50 bits per heavy atom. The molecule has 0 saturated carbocycles. The summed E-state index contributed by atoms with van der Waals surface area (Å²) in [6, 6.07) is 14.9. The number of rotatable bonds is 5. The third-order valence-electron chi connectivity index (χ3n) is 3.54. The van der Waals surface area contributed by atoms with Crippen LogP contribution in [0, 0.1) is 0 Å². The Hall–Kier alpha value is -3.06. The van der Waals surface area contributed by atoms with Crippen LogP contribution in [0.25, 0.3) is 6.08 Å². The number of methoxy groups -OCH3 is 2. The van der Waals surface area contributed by atoms with Crippen LogP contribution in [-0.2, 0) is 4.79 Å². The molecule has 0 radical (unpaired) electrons. The van der Waals surface area contributed by atoms with E-state index in [0.717, 1.165) is 22.6 Å². The monoisotopic (exact) mass is 367 g/mol. The fourth-order valence-corrected chi connectivity index (χ4v) is 2.94. The Bertz CT molecular complexity index is 872. The van der Waals surface area contributed by atoms with E-state index in [9.17, 15) is 4.79 Å². The Morgan fingerprint density at radius 1 is 0.923 bits per heavy atom. The van der Waals surface area contributed by atoms with E-state index in [1.54, 1.807) is 26.5 Å². The number of amidine groups is 1. The van der Waals surface area contributed by atoms with Crippen molar-refractivity contribution in [3.8, 4) is 11.5 Å². The largest absolute Gasteiger partial charge is 0.497 e. The number of amides is 1. The van der Waals surface area contributed by atoms with Crippen LogP contribution >= 0.6 is 11.8 Å². The second-order valence-corrected chi connectivity index (χ2v) is 6.29. The van der Waals surface area contributed by atoms with Crippen molar-refractivity contribution >= 4 is 35.1 Å². The molecule has 1 fully saturated rings. The molecule has 0 atom stereocenters. The maximum absolute atomic E-state index is 12.0. The van der Waals surface area contributed by atoms with Crippen molar-refractivity contribution in [2.24, 2.45) is 10.2 Å². The zero-order chi connectivity index (χ0) is 18.4. The molecule has 0 bridgehead atoms. The van der Waals surface area contributed by atoms with E-state index in [-0.39, 0.29) is 5.91 Å². The van der Waals surface area contributed by atoms with Gasteiger partial charge in [-0.15, -0.1) is 5.10 Å². The summed E-state index contributed by atoms with van der Waals surface area (Å²) >= 11 is 1.25. The molecule has 0 aliphatic carbocycles. The van der Waals surface area contributed by atoms with Crippen LogP contribution < -0.4 is 14.8 Å². The summed E-state index contributed by atoms with van der Waals surface area (Å²) in [5.41, 5.74) is 1.80. The highest BCUT2D eigenvalue weighted by molar-refractivity contribution is 8.18. The van der Waals surface area contributed by atoms with Crippen LogP contribution in [0.4, 0.5) is 0 Å². The van der Waals surface area contributed by atoms with Crippen molar-refractivity contribution in [1.82, 2.24) is 5.32 Å². The van der Waals surface area contributed by atoms with Crippen molar-refractivity contribution in [2.45, 2.75) is 0 Å². The summed E-state index contributed by atoms with van der Waals surface area (Å²) in [7, 11) is 3.23. The number of nitrogens with one attached hydrogen (secondary N) is 1. The van der Waals surface area contributed by atoms with Crippen molar-refractivity contribution < 1.29 is 14.3 Å². The first-order valence-electron chi connectivity index (χ1n) is 7.78. The highest BCUT2D eigenvalue weighted by Crippen LogP contribution is 2.26. The lowest BCUT2D eigenvalue weighted by molar-refractivity contribution is -0.115. The lowest BCUT2D eigenvalue weighted by Gasteiger charge is -1.99. The van der Waals surface area contributed by atoms with Gasteiger partial charge in [-0.1, -0.05) is 12.1 Å². The number of carbonyl (C=O) groups excluding carboxylic acids is 1. The number of benzene rings is 2. The summed E-state index contributed by atoms with van der Waals surface area (Å²) < 4.78 is 10.2. The number of hydrogen-bond donors (Lipinski definition) is 1. The zero-order valence-electron chi connectivity index (χ0n) is 14.3. The van der Waals surface area contributed by atoms with E-state index in [4.69, 9.17) is 9.47 Å². The molecule has 2 aromatic carbocycles. The first-order chi connectivity index (χ1) is 12.7. The first kappa shape index (κ1) is 17.8. The van der Waals surface area contributed by atoms with Crippen LogP contribution in [0.15, 0.2) is 63.6 Å². The Labute approximate surface area is 155 Å². The lowest BCUT2D eigenvalue weighted by atomic mass is 10.2. The fourth-order valence-electron chi connectivity index (χ4n) is 2.16. The van der Waals surface area contributed by atoms with Crippen LogP contribution in [0.3, 0.4) is 0 Å². The molecule has 1 N–H and O–H groups in total. The molecule has 1 aliphatic rings. The lowest BCUT2D eigenvalue weighted by Crippen LogP contribution is -2.19. The van der Waals surface area contributed by atoms with Gasteiger partial charge in [0.15, 0.2) is 5.17 Å². The van der Waals surface area contributed by atoms with Crippen LogP contribution in [0.2, 0.25) is 0 Å². The smallest absolute Gasteiger partial charge is 0.264 e. The number of ether oxygens (including phenoxy) is 2. The highest BCUT2D eigenvalue weighted by atomic mass is 32.2. The minimum absolute atomic E-state index is 0.191. The Morgan fingerprint density at radius 3 is 2.08 bits per heavy atom. The second kappa shape index (κ2) is 8.35. The predicted octanol–water partition coefficient (Wildman–Crippen LogP) is 3.30. The van der Waals surface area contributed by atoms with Crippen molar-refractivity contribution in [2.75, 3.05) is 14.2 Å². The molecule has 6 nitrogen and oxygen atoms in total. The van der Waals surface area contributed by atoms with Crippen LogP contribution in [-0.4, -0.2) is 31.5 Å². The van der Waals surface area contributed by atoms with Crippen molar-refractivity contribution in [1.29, 1.82) is 0 Å². The first-order valence-corrected chi connectivity index (χ1v) is 8.59. The minimum atomic E-state index is -0.191. The molecular formula is C19H17N3O3S. The molecule has 0 aromatic heterocycles. The van der Waals surface area contributed by atoms with Gasteiger partial charge in [0.1, 0.15) is 11.5 Å². The van der Waals surface area contributed by atoms with E-state index in [2.05, 4.69) is 15.5 Å². The summed E-state index contributed by atoms with van der Waals surface area (Å²) in [6.07, 6.45) is 3.42. The van der Waals surface area contributed by atoms with Crippen molar-refractivity contribution in [3.05, 3.63) is 64.6 Å². The summed E-state index contributed by atoms with van der Waals surface area (Å²) in [5, 5.41) is 11.2. The van der Waals surface area contributed by atoms with Gasteiger partial charge in [-0.2, -0.15) is 5.10 Å². The fraction of sp³-hybridized carbons (Fsp3) is 0.105. The molecule has 1 aliphatic heterocycles. The third kappa shape index (κ3) is 4.52. The van der Waals surface area contributed by atoms with Gasteiger partial charge in [-0.25, -0.2) is 0 Å². The molecule has 2 aromatic rings. The Kier molecular flexibility index (Phi) is 5.70. The minimum Gasteiger partial charge on any atom is -0.497 e. The topological polar surface area (TPSA) is 72.3 Å². The number of thioether (sulfide) groups is 1. The van der Waals surface area contributed by atoms with Crippen molar-refractivity contribution in [3.63, 3.8) is 0 Å². The quantitative estimate of drug-likeness (QED) is 0.500. The molecule has 0 unspecified atom stereocenters. The van der Waals surface area contributed by atoms with Gasteiger partial charge in [-0.3, -0.25) is 10.1 Å². The van der Waals surface area contributed by atoms with Gasteiger partial charge < -0.3 is 9.47 Å². The van der Waals surface area contributed by atoms with Gasteiger partial charge in [0.25, 0.3) is 5.91 Å². The highest BCUT2D eigenvalue weighted by Gasteiger charge is 2.23. The maximum atomic E-state index is 12.0. The molecule has 7 heteroatoms.